The van der Waals surface area contributed by atoms with E-state index in [1.807, 2.05) is 31.2 Å². The van der Waals surface area contributed by atoms with Crippen molar-refractivity contribution in [3.05, 3.63) is 77.7 Å². The zero-order valence-electron chi connectivity index (χ0n) is 15.6. The van der Waals surface area contributed by atoms with Crippen LogP contribution in [0.5, 0.6) is 0 Å². The molecule has 144 valence electrons. The monoisotopic (exact) mass is 386 g/mol. The Morgan fingerprint density at radius 3 is 2.69 bits per heavy atom. The first kappa shape index (κ1) is 18.2. The molecule has 2 aromatic heterocycles. The number of hydrogen-bond donors (Lipinski definition) is 4. The molecule has 4 aromatic rings. The van der Waals surface area contributed by atoms with Crippen LogP contribution in [0.3, 0.4) is 0 Å². The molecule has 2 amide bonds. The van der Waals surface area contributed by atoms with Crippen molar-refractivity contribution in [1.29, 1.82) is 0 Å². The number of aromatic amines is 1. The minimum absolute atomic E-state index is 0.228. The van der Waals surface area contributed by atoms with Crippen molar-refractivity contribution >= 4 is 40.0 Å². The minimum atomic E-state index is -0.395. The summed E-state index contributed by atoms with van der Waals surface area (Å²) in [6.45, 7) is 1.91. The van der Waals surface area contributed by atoms with Crippen LogP contribution in [0.25, 0.3) is 11.0 Å². The summed E-state index contributed by atoms with van der Waals surface area (Å²) in [6.07, 6.45) is 2.89. The summed E-state index contributed by atoms with van der Waals surface area (Å²) in [5.74, 6) is -0.0211. The number of nitrogens with two attached hydrogens (primary N) is 1. The smallest absolute Gasteiger partial charge is 0.323 e. The predicted molar refractivity (Wildman–Crippen MR) is 112 cm³/mol. The van der Waals surface area contributed by atoms with Crippen LogP contribution >= 0.6 is 0 Å². The number of para-hydroxylation sites is 1. The zero-order valence-corrected chi connectivity index (χ0v) is 15.6. The molecule has 0 unspecified atom stereocenters. The van der Waals surface area contributed by atoms with Gasteiger partial charge in [0.2, 0.25) is 0 Å². The van der Waals surface area contributed by atoms with Crippen molar-refractivity contribution in [1.82, 2.24) is 15.0 Å². The van der Waals surface area contributed by atoms with E-state index >= 15 is 0 Å². The van der Waals surface area contributed by atoms with Gasteiger partial charge < -0.3 is 21.4 Å². The van der Waals surface area contributed by atoms with Gasteiger partial charge in [-0.25, -0.2) is 14.8 Å². The van der Waals surface area contributed by atoms with E-state index in [4.69, 9.17) is 5.73 Å². The second kappa shape index (κ2) is 7.43. The summed E-state index contributed by atoms with van der Waals surface area (Å²) >= 11 is 0. The molecule has 29 heavy (non-hydrogen) atoms. The van der Waals surface area contributed by atoms with Crippen molar-refractivity contribution < 1.29 is 9.59 Å². The number of H-pyrrole nitrogens is 1. The Kier molecular flexibility index (Phi) is 4.66. The van der Waals surface area contributed by atoms with E-state index in [-0.39, 0.29) is 11.6 Å². The highest BCUT2D eigenvalue weighted by Gasteiger charge is 2.18. The van der Waals surface area contributed by atoms with E-state index in [1.165, 1.54) is 6.33 Å². The lowest BCUT2D eigenvalue weighted by Crippen LogP contribution is -2.20. The summed E-state index contributed by atoms with van der Waals surface area (Å²) in [4.78, 5) is 36.3. The molecule has 0 aliphatic heterocycles. The number of fused-ring (bicyclic) bond motifs is 1. The normalized spacial score (nSPS) is 10.7. The van der Waals surface area contributed by atoms with Crippen molar-refractivity contribution in [2.24, 2.45) is 0 Å². The molecule has 0 aliphatic rings. The summed E-state index contributed by atoms with van der Waals surface area (Å²) in [6, 6.07) is 13.8. The second-order valence-electron chi connectivity index (χ2n) is 6.49. The molecule has 8 heteroatoms. The first-order valence-corrected chi connectivity index (χ1v) is 8.89. The predicted octanol–water partition coefficient (Wildman–Crippen LogP) is 3.72. The van der Waals surface area contributed by atoms with Gasteiger partial charge in [0.1, 0.15) is 17.8 Å². The molecular formula is C21H18N6O2. The molecule has 2 aromatic carbocycles. The number of nitrogens with zero attached hydrogens (tertiary/aromatic N) is 2. The van der Waals surface area contributed by atoms with Gasteiger partial charge in [-0.15, -0.1) is 0 Å². The topological polar surface area (TPSA) is 126 Å². The van der Waals surface area contributed by atoms with Crippen LogP contribution in [-0.4, -0.2) is 26.8 Å². The van der Waals surface area contributed by atoms with E-state index in [0.717, 1.165) is 5.56 Å². The summed E-state index contributed by atoms with van der Waals surface area (Å²) in [7, 11) is 0. The molecule has 4 rings (SSSR count). The number of nitrogen functional groups attached to an aromatic ring is 1. The molecule has 0 aliphatic carbocycles. The Hall–Kier alpha value is -4.20. The van der Waals surface area contributed by atoms with E-state index < -0.39 is 6.03 Å². The van der Waals surface area contributed by atoms with Crippen LogP contribution in [0.4, 0.5) is 22.0 Å². The number of ketones is 1. The number of carbonyl (C=O) groups is 2. The van der Waals surface area contributed by atoms with Crippen molar-refractivity contribution in [3.63, 3.8) is 0 Å². The maximum Gasteiger partial charge on any atom is 0.323 e. The van der Waals surface area contributed by atoms with Crippen molar-refractivity contribution in [2.75, 3.05) is 16.4 Å². The van der Waals surface area contributed by atoms with Crippen molar-refractivity contribution in [2.45, 2.75) is 6.92 Å². The van der Waals surface area contributed by atoms with Crippen LogP contribution in [0, 0.1) is 6.92 Å². The van der Waals surface area contributed by atoms with Gasteiger partial charge in [-0.1, -0.05) is 30.3 Å². The molecule has 0 saturated heterocycles. The Morgan fingerprint density at radius 2 is 1.86 bits per heavy atom. The number of carbonyl (C=O) groups excluding carboxylic acids is 2. The lowest BCUT2D eigenvalue weighted by molar-refractivity contribution is 0.104. The SMILES string of the molecule is Cc1ccccc1NC(=O)Nc1cccc(C(=O)c2c[nH]c3ncnc(N)c23)c1. The standard InChI is InChI=1S/C21H18N6O2/c1-12-5-2-3-8-16(12)27-21(29)26-14-7-4-6-13(9-14)18(28)15-10-23-20-17(15)19(22)24-11-25-20/h2-11H,1H3,(H2,26,27,29)(H3,22,23,24,25). The van der Waals surface area contributed by atoms with Gasteiger partial charge in [0.05, 0.1) is 10.9 Å². The van der Waals surface area contributed by atoms with Gasteiger partial charge in [0.25, 0.3) is 0 Å². The van der Waals surface area contributed by atoms with Gasteiger partial charge >= 0.3 is 6.03 Å². The Balaban J connectivity index is 1.56. The molecular weight excluding hydrogens is 368 g/mol. The fourth-order valence-corrected chi connectivity index (χ4v) is 3.06. The van der Waals surface area contributed by atoms with Gasteiger partial charge in [-0.05, 0) is 30.7 Å². The van der Waals surface area contributed by atoms with Crippen LogP contribution in [-0.2, 0) is 0 Å². The largest absolute Gasteiger partial charge is 0.383 e. The summed E-state index contributed by atoms with van der Waals surface area (Å²) in [5, 5.41) is 6.02. The quantitative estimate of drug-likeness (QED) is 0.398. The number of rotatable bonds is 4. The average Bonchev–Trinajstić information content (AvgIpc) is 3.15. The van der Waals surface area contributed by atoms with Crippen LogP contribution in [0.15, 0.2) is 61.1 Å². The Labute approximate surface area is 166 Å². The maximum atomic E-state index is 13.0. The number of urea groups is 1. The number of nitrogens with one attached hydrogen (secondary N) is 3. The third-order valence-corrected chi connectivity index (χ3v) is 4.52. The third kappa shape index (κ3) is 3.63. The van der Waals surface area contributed by atoms with Gasteiger partial charge in [0, 0.05) is 23.1 Å². The molecule has 2 heterocycles. The highest BCUT2D eigenvalue weighted by molar-refractivity contribution is 6.18. The Bertz CT molecular complexity index is 1230. The van der Waals surface area contributed by atoms with E-state index in [1.54, 1.807) is 30.5 Å². The van der Waals surface area contributed by atoms with Gasteiger partial charge in [-0.3, -0.25) is 4.79 Å². The minimum Gasteiger partial charge on any atom is -0.383 e. The van der Waals surface area contributed by atoms with Crippen LogP contribution in [0.1, 0.15) is 21.5 Å². The average molecular weight is 386 g/mol. The summed E-state index contributed by atoms with van der Waals surface area (Å²) < 4.78 is 0. The van der Waals surface area contributed by atoms with Crippen LogP contribution < -0.4 is 16.4 Å². The molecule has 0 fully saturated rings. The number of anilines is 3. The molecule has 0 spiro atoms. The highest BCUT2D eigenvalue weighted by atomic mass is 16.2. The molecule has 8 nitrogen and oxygen atoms in total. The number of benzene rings is 2. The van der Waals surface area contributed by atoms with Gasteiger partial charge in [-0.2, -0.15) is 0 Å². The Morgan fingerprint density at radius 1 is 1.03 bits per heavy atom. The first-order chi connectivity index (χ1) is 14.0. The molecule has 0 atom stereocenters. The number of aromatic nitrogens is 3. The fourth-order valence-electron chi connectivity index (χ4n) is 3.06. The molecule has 0 radical (unpaired) electrons. The van der Waals surface area contributed by atoms with Gasteiger partial charge in [0.15, 0.2) is 5.78 Å². The summed E-state index contributed by atoms with van der Waals surface area (Å²) in [5.41, 5.74) is 9.34. The van der Waals surface area contributed by atoms with Crippen molar-refractivity contribution in [3.8, 4) is 0 Å². The van der Waals surface area contributed by atoms with E-state index in [9.17, 15) is 9.59 Å². The number of amides is 2. The molecule has 0 bridgehead atoms. The number of aryl methyl sites for hydroxylation is 1. The van der Waals surface area contributed by atoms with E-state index in [0.29, 0.717) is 33.5 Å². The highest BCUT2D eigenvalue weighted by Crippen LogP contribution is 2.24. The zero-order chi connectivity index (χ0) is 20.4. The second-order valence-corrected chi connectivity index (χ2v) is 6.49. The first-order valence-electron chi connectivity index (χ1n) is 8.89. The maximum absolute atomic E-state index is 13.0. The number of hydrogen-bond acceptors (Lipinski definition) is 5. The van der Waals surface area contributed by atoms with E-state index in [2.05, 4.69) is 25.6 Å². The van der Waals surface area contributed by atoms with Crippen LogP contribution in [0.2, 0.25) is 0 Å². The lowest BCUT2D eigenvalue weighted by Gasteiger charge is -2.10. The lowest BCUT2D eigenvalue weighted by atomic mass is 10.0. The fraction of sp³-hybridized carbons (Fsp3) is 0.0476. The molecule has 5 N–H and O–H groups in total. The third-order valence-electron chi connectivity index (χ3n) is 4.52. The molecule has 0 saturated carbocycles.